The molecule has 4 heterocycles. The number of hydrogen-bond donors (Lipinski definition) is 0. The van der Waals surface area contributed by atoms with E-state index in [1.807, 2.05) is 27.7 Å². The van der Waals surface area contributed by atoms with E-state index in [9.17, 15) is 16.8 Å². The van der Waals surface area contributed by atoms with Crippen molar-refractivity contribution >= 4 is 43.6 Å². The van der Waals surface area contributed by atoms with Gasteiger partial charge in [0.05, 0.1) is 24.5 Å². The van der Waals surface area contributed by atoms with Crippen molar-refractivity contribution in [3.8, 4) is 23.2 Å². The van der Waals surface area contributed by atoms with Gasteiger partial charge in [-0.25, -0.2) is 16.8 Å². The minimum absolute atomic E-state index is 0.0824. The second kappa shape index (κ2) is 15.3. The lowest BCUT2D eigenvalue weighted by Crippen LogP contribution is -2.19. The van der Waals surface area contributed by atoms with Crippen LogP contribution in [0.4, 0.5) is 0 Å². The molecule has 4 aromatic rings. The molecule has 16 heteroatoms. The minimum Gasteiger partial charge on any atom is -0.461 e. The molecule has 12 nitrogen and oxygen atoms in total. The highest BCUT2D eigenvalue weighted by Crippen LogP contribution is 2.24. The van der Waals surface area contributed by atoms with Crippen molar-refractivity contribution in [1.82, 2.24) is 28.3 Å². The van der Waals surface area contributed by atoms with Crippen molar-refractivity contribution in [2.75, 3.05) is 24.0 Å². The Morgan fingerprint density at radius 2 is 1.38 bits per heavy atom. The van der Waals surface area contributed by atoms with Crippen LogP contribution < -0.4 is 0 Å². The third-order valence-electron chi connectivity index (χ3n) is 4.62. The molecule has 0 saturated heterocycles. The van der Waals surface area contributed by atoms with Crippen LogP contribution in [-0.4, -0.2) is 69.2 Å². The summed E-state index contributed by atoms with van der Waals surface area (Å²) >= 11 is 2.56. The van der Waals surface area contributed by atoms with Crippen LogP contribution in [0.5, 0.6) is 0 Å². The molecular formula is C23H34N6O6S4. The Labute approximate surface area is 238 Å². The molecule has 0 aromatic carbocycles. The van der Waals surface area contributed by atoms with Gasteiger partial charge in [-0.1, -0.05) is 64.1 Å². The number of aromatic nitrogens is 6. The first-order chi connectivity index (χ1) is 18.6. The zero-order valence-corrected chi connectivity index (χ0v) is 26.0. The standard InChI is InChI=1S/C13H19N3O3S2.C8H9N3O3S2.C2H6/c1-3-5-6-10-21(17,18)16-13(20-4-2)14-12(15-16)11-8-7-9-19-11;1-15-8-9-7(6-4-3-5-14-6)10-11(8)16(2,12)13;1-2/h7-9H,3-6,10H2,1-2H3;3-5H,1-2H3;1-2H3. The van der Waals surface area contributed by atoms with Crippen molar-refractivity contribution in [1.29, 1.82) is 0 Å². The lowest BCUT2D eigenvalue weighted by Gasteiger charge is -2.05. The Morgan fingerprint density at radius 1 is 0.846 bits per heavy atom. The zero-order valence-electron chi connectivity index (χ0n) is 22.8. The van der Waals surface area contributed by atoms with Gasteiger partial charge in [-0.15, -0.1) is 18.4 Å². The molecule has 4 aromatic heterocycles. The molecule has 0 spiro atoms. The number of furan rings is 2. The van der Waals surface area contributed by atoms with E-state index in [4.69, 9.17) is 8.83 Å². The fourth-order valence-electron chi connectivity index (χ4n) is 2.95. The van der Waals surface area contributed by atoms with Gasteiger partial charge >= 0.3 is 0 Å². The number of hydrogen-bond acceptors (Lipinski definition) is 12. The van der Waals surface area contributed by atoms with E-state index in [2.05, 4.69) is 20.2 Å². The molecule has 216 valence electrons. The Morgan fingerprint density at radius 3 is 1.79 bits per heavy atom. The smallest absolute Gasteiger partial charge is 0.256 e. The molecule has 0 amide bonds. The van der Waals surface area contributed by atoms with Crippen molar-refractivity contribution in [3.63, 3.8) is 0 Å². The van der Waals surface area contributed by atoms with Gasteiger partial charge in [0.25, 0.3) is 20.0 Å². The lowest BCUT2D eigenvalue weighted by atomic mass is 10.3. The fraction of sp³-hybridized carbons (Fsp3) is 0.478. The normalized spacial score (nSPS) is 11.4. The maximum absolute atomic E-state index is 12.4. The van der Waals surface area contributed by atoms with Gasteiger partial charge in [0.2, 0.25) is 22.0 Å². The highest BCUT2D eigenvalue weighted by Gasteiger charge is 2.23. The highest BCUT2D eigenvalue weighted by molar-refractivity contribution is 8.00. The minimum atomic E-state index is -3.48. The van der Waals surface area contributed by atoms with Gasteiger partial charge in [0.15, 0.2) is 11.5 Å². The summed E-state index contributed by atoms with van der Waals surface area (Å²) in [4.78, 5) is 8.36. The van der Waals surface area contributed by atoms with Gasteiger partial charge < -0.3 is 8.83 Å². The molecule has 0 aliphatic rings. The van der Waals surface area contributed by atoms with Crippen LogP contribution in [-0.2, 0) is 20.0 Å². The van der Waals surface area contributed by atoms with E-state index in [0.717, 1.165) is 33.0 Å². The van der Waals surface area contributed by atoms with Crippen molar-refractivity contribution < 1.29 is 25.7 Å². The summed E-state index contributed by atoms with van der Waals surface area (Å²) in [5, 5.41) is 8.73. The van der Waals surface area contributed by atoms with E-state index in [1.54, 1.807) is 30.5 Å². The van der Waals surface area contributed by atoms with Gasteiger partial charge in [-0.05, 0) is 42.7 Å². The fourth-order valence-corrected chi connectivity index (χ4v) is 6.78. The number of unbranched alkanes of at least 4 members (excludes halogenated alkanes) is 2. The largest absolute Gasteiger partial charge is 0.461 e. The average molecular weight is 619 g/mol. The molecule has 0 saturated carbocycles. The van der Waals surface area contributed by atoms with Crippen LogP contribution in [0.15, 0.2) is 55.9 Å². The quantitative estimate of drug-likeness (QED) is 0.162. The summed E-state index contributed by atoms with van der Waals surface area (Å²) in [7, 11) is -6.91. The third-order valence-corrected chi connectivity index (χ3v) is 8.76. The molecular weight excluding hydrogens is 585 g/mol. The molecule has 0 atom stereocenters. The molecule has 0 bridgehead atoms. The molecule has 0 unspecified atom stereocenters. The van der Waals surface area contributed by atoms with E-state index >= 15 is 0 Å². The van der Waals surface area contributed by atoms with E-state index in [1.165, 1.54) is 36.1 Å². The monoisotopic (exact) mass is 618 g/mol. The molecule has 0 aliphatic heterocycles. The Bertz CT molecular complexity index is 1480. The second-order valence-electron chi connectivity index (χ2n) is 7.50. The topological polar surface area (TPSA) is 156 Å². The molecule has 0 radical (unpaired) electrons. The van der Waals surface area contributed by atoms with Gasteiger partial charge in [-0.2, -0.15) is 9.97 Å². The maximum Gasteiger partial charge on any atom is 0.256 e. The second-order valence-corrected chi connectivity index (χ2v) is 13.2. The van der Waals surface area contributed by atoms with E-state index < -0.39 is 20.0 Å². The number of rotatable bonds is 11. The summed E-state index contributed by atoms with van der Waals surface area (Å²) in [6.07, 6.45) is 8.29. The Hall–Kier alpha value is -2.56. The van der Waals surface area contributed by atoms with Gasteiger partial charge in [-0.3, -0.25) is 0 Å². The summed E-state index contributed by atoms with van der Waals surface area (Å²) in [6.45, 7) is 7.98. The van der Waals surface area contributed by atoms with E-state index in [-0.39, 0.29) is 11.6 Å². The van der Waals surface area contributed by atoms with Gasteiger partial charge in [0.1, 0.15) is 0 Å². The lowest BCUT2D eigenvalue weighted by molar-refractivity contribution is 0.566. The SMILES string of the molecule is CC.CCCCCS(=O)(=O)n1nc(-c2ccco2)nc1SCC.CSc1nc(-c2ccco2)nn1S(C)(=O)=O. The molecule has 0 fully saturated rings. The Balaban J connectivity index is 0.000000265. The van der Waals surface area contributed by atoms with Crippen LogP contribution in [0, 0.1) is 0 Å². The molecule has 39 heavy (non-hydrogen) atoms. The molecule has 0 N–H and O–H groups in total. The first-order valence-electron chi connectivity index (χ1n) is 12.2. The maximum atomic E-state index is 12.4. The van der Waals surface area contributed by atoms with Crippen LogP contribution in [0.2, 0.25) is 0 Å². The zero-order chi connectivity index (χ0) is 29.1. The van der Waals surface area contributed by atoms with Crippen LogP contribution >= 0.6 is 23.5 Å². The van der Waals surface area contributed by atoms with Crippen LogP contribution in [0.3, 0.4) is 0 Å². The Kier molecular flexibility index (Phi) is 12.8. The summed E-state index contributed by atoms with van der Waals surface area (Å²) < 4.78 is 59.9. The van der Waals surface area contributed by atoms with E-state index in [0.29, 0.717) is 34.1 Å². The first-order valence-corrected chi connectivity index (χ1v) is 17.9. The summed E-state index contributed by atoms with van der Waals surface area (Å²) in [6, 6.07) is 6.80. The van der Waals surface area contributed by atoms with Crippen molar-refractivity contribution in [2.45, 2.75) is 57.3 Å². The average Bonchev–Trinajstić information content (AvgIpc) is 3.71. The predicted octanol–water partition coefficient (Wildman–Crippen LogP) is 5.11. The molecule has 4 rings (SSSR count). The summed E-state index contributed by atoms with van der Waals surface area (Å²) in [5.41, 5.74) is 0. The molecule has 0 aliphatic carbocycles. The highest BCUT2D eigenvalue weighted by atomic mass is 32.2. The number of thioether (sulfide) groups is 2. The van der Waals surface area contributed by atoms with Crippen LogP contribution in [0.25, 0.3) is 23.2 Å². The van der Waals surface area contributed by atoms with Crippen LogP contribution in [0.1, 0.15) is 47.0 Å². The third kappa shape index (κ3) is 8.98. The van der Waals surface area contributed by atoms with Gasteiger partial charge in [0, 0.05) is 0 Å². The van der Waals surface area contributed by atoms with Crippen molar-refractivity contribution in [2.24, 2.45) is 0 Å². The van der Waals surface area contributed by atoms with Crippen molar-refractivity contribution in [3.05, 3.63) is 36.8 Å². The first kappa shape index (κ1) is 32.7. The predicted molar refractivity (Wildman–Crippen MR) is 154 cm³/mol. The summed E-state index contributed by atoms with van der Waals surface area (Å²) in [5.74, 6) is 2.28. The number of nitrogens with zero attached hydrogens (tertiary/aromatic N) is 6.